The van der Waals surface area contributed by atoms with E-state index < -0.39 is 0 Å². The van der Waals surface area contributed by atoms with Crippen LogP contribution in [0, 0.1) is 11.8 Å². The summed E-state index contributed by atoms with van der Waals surface area (Å²) in [6.07, 6.45) is 9.85. The standard InChI is InChI=1S/C17H34N2/c1-4-6-7-8-11-19-13-16(14(3)5-2)18-12-17(19)15-9-10-15/h14-18H,4-13H2,1-3H3. The maximum absolute atomic E-state index is 3.83. The Morgan fingerprint density at radius 3 is 2.58 bits per heavy atom. The molecule has 1 aliphatic carbocycles. The summed E-state index contributed by atoms with van der Waals surface area (Å²) in [5.41, 5.74) is 0. The minimum Gasteiger partial charge on any atom is -0.311 e. The van der Waals surface area contributed by atoms with Crippen LogP contribution in [0.2, 0.25) is 0 Å². The van der Waals surface area contributed by atoms with E-state index in [-0.39, 0.29) is 0 Å². The van der Waals surface area contributed by atoms with Crippen molar-refractivity contribution in [3.8, 4) is 0 Å². The maximum Gasteiger partial charge on any atom is 0.0249 e. The van der Waals surface area contributed by atoms with E-state index in [4.69, 9.17) is 0 Å². The molecule has 2 heteroatoms. The van der Waals surface area contributed by atoms with Crippen LogP contribution in [0.25, 0.3) is 0 Å². The van der Waals surface area contributed by atoms with E-state index in [1.165, 1.54) is 64.6 Å². The van der Waals surface area contributed by atoms with E-state index in [2.05, 4.69) is 31.0 Å². The van der Waals surface area contributed by atoms with Crippen molar-refractivity contribution in [2.24, 2.45) is 11.8 Å². The van der Waals surface area contributed by atoms with Gasteiger partial charge in [-0.25, -0.2) is 0 Å². The first kappa shape index (κ1) is 15.3. The van der Waals surface area contributed by atoms with Gasteiger partial charge in [-0.2, -0.15) is 0 Å². The SMILES string of the molecule is CCCCCCN1CC(C(C)CC)NCC1C1CC1. The Kier molecular flexibility index (Phi) is 6.15. The highest BCUT2D eigenvalue weighted by Gasteiger charge is 2.39. The maximum atomic E-state index is 3.83. The zero-order valence-corrected chi connectivity index (χ0v) is 13.3. The van der Waals surface area contributed by atoms with Gasteiger partial charge in [0, 0.05) is 25.2 Å². The molecule has 3 atom stereocenters. The second-order valence-electron chi connectivity index (χ2n) is 6.86. The molecule has 1 N–H and O–H groups in total. The number of piperazine rings is 1. The molecule has 0 aromatic carbocycles. The molecule has 0 bridgehead atoms. The number of nitrogens with one attached hydrogen (secondary N) is 1. The minimum atomic E-state index is 0.728. The van der Waals surface area contributed by atoms with Crippen molar-refractivity contribution in [3.63, 3.8) is 0 Å². The lowest BCUT2D eigenvalue weighted by molar-refractivity contribution is 0.0941. The molecule has 2 rings (SSSR count). The Morgan fingerprint density at radius 1 is 1.16 bits per heavy atom. The molecule has 0 amide bonds. The first-order chi connectivity index (χ1) is 9.26. The van der Waals surface area contributed by atoms with Gasteiger partial charge in [0.15, 0.2) is 0 Å². The van der Waals surface area contributed by atoms with Gasteiger partial charge in [0.2, 0.25) is 0 Å². The van der Waals surface area contributed by atoms with E-state index in [9.17, 15) is 0 Å². The fourth-order valence-electron chi connectivity index (χ4n) is 3.46. The van der Waals surface area contributed by atoms with Crippen LogP contribution in [-0.4, -0.2) is 36.6 Å². The van der Waals surface area contributed by atoms with Crippen LogP contribution in [0.15, 0.2) is 0 Å². The highest BCUT2D eigenvalue weighted by Crippen LogP contribution is 2.36. The van der Waals surface area contributed by atoms with Crippen molar-refractivity contribution in [1.82, 2.24) is 10.2 Å². The summed E-state index contributed by atoms with van der Waals surface area (Å²) in [6, 6.07) is 1.58. The lowest BCUT2D eigenvalue weighted by Gasteiger charge is -2.42. The molecule has 2 nitrogen and oxygen atoms in total. The summed E-state index contributed by atoms with van der Waals surface area (Å²) in [4.78, 5) is 2.83. The van der Waals surface area contributed by atoms with Crippen LogP contribution in [0.3, 0.4) is 0 Å². The zero-order chi connectivity index (χ0) is 13.7. The highest BCUT2D eigenvalue weighted by atomic mass is 15.2. The summed E-state index contributed by atoms with van der Waals surface area (Å²) >= 11 is 0. The molecular weight excluding hydrogens is 232 g/mol. The molecule has 112 valence electrons. The second-order valence-corrected chi connectivity index (χ2v) is 6.86. The average Bonchev–Trinajstić information content (AvgIpc) is 3.27. The molecule has 0 aromatic heterocycles. The van der Waals surface area contributed by atoms with Gasteiger partial charge in [0.1, 0.15) is 0 Å². The molecule has 1 heterocycles. The Morgan fingerprint density at radius 2 is 1.95 bits per heavy atom. The van der Waals surface area contributed by atoms with Crippen molar-refractivity contribution in [2.75, 3.05) is 19.6 Å². The van der Waals surface area contributed by atoms with Crippen LogP contribution in [0.5, 0.6) is 0 Å². The Balaban J connectivity index is 1.81. The largest absolute Gasteiger partial charge is 0.311 e. The predicted molar refractivity (Wildman–Crippen MR) is 83.5 cm³/mol. The summed E-state index contributed by atoms with van der Waals surface area (Å²) in [6.45, 7) is 10.9. The molecule has 0 radical (unpaired) electrons. The number of hydrogen-bond acceptors (Lipinski definition) is 2. The first-order valence-corrected chi connectivity index (χ1v) is 8.73. The normalized spacial score (nSPS) is 30.5. The number of hydrogen-bond donors (Lipinski definition) is 1. The van der Waals surface area contributed by atoms with Gasteiger partial charge in [0.05, 0.1) is 0 Å². The van der Waals surface area contributed by atoms with Crippen molar-refractivity contribution >= 4 is 0 Å². The quantitative estimate of drug-likeness (QED) is 0.674. The molecule has 1 saturated heterocycles. The molecular formula is C17H34N2. The van der Waals surface area contributed by atoms with E-state index >= 15 is 0 Å². The number of unbranched alkanes of at least 4 members (excludes halogenated alkanes) is 3. The Labute approximate surface area is 120 Å². The van der Waals surface area contributed by atoms with Crippen molar-refractivity contribution in [3.05, 3.63) is 0 Å². The van der Waals surface area contributed by atoms with Crippen LogP contribution >= 0.6 is 0 Å². The number of rotatable bonds is 8. The summed E-state index contributed by atoms with van der Waals surface area (Å²) in [5.74, 6) is 1.83. The van der Waals surface area contributed by atoms with Gasteiger partial charge in [0.25, 0.3) is 0 Å². The van der Waals surface area contributed by atoms with Crippen molar-refractivity contribution in [1.29, 1.82) is 0 Å². The molecule has 0 spiro atoms. The van der Waals surface area contributed by atoms with Gasteiger partial charge >= 0.3 is 0 Å². The molecule has 1 saturated carbocycles. The average molecular weight is 266 g/mol. The molecule has 1 aliphatic heterocycles. The minimum absolute atomic E-state index is 0.728. The highest BCUT2D eigenvalue weighted by molar-refractivity contribution is 4.95. The van der Waals surface area contributed by atoms with Gasteiger partial charge in [-0.1, -0.05) is 46.5 Å². The van der Waals surface area contributed by atoms with Crippen molar-refractivity contribution in [2.45, 2.75) is 77.8 Å². The Bertz CT molecular complexity index is 250. The summed E-state index contributed by atoms with van der Waals surface area (Å²) in [5, 5.41) is 3.83. The van der Waals surface area contributed by atoms with Gasteiger partial charge in [-0.3, -0.25) is 4.90 Å². The predicted octanol–water partition coefficient (Wildman–Crippen LogP) is 3.67. The third-order valence-electron chi connectivity index (χ3n) is 5.29. The lowest BCUT2D eigenvalue weighted by Crippen LogP contribution is -2.59. The molecule has 0 aromatic rings. The zero-order valence-electron chi connectivity index (χ0n) is 13.3. The number of nitrogens with zero attached hydrogens (tertiary/aromatic N) is 1. The van der Waals surface area contributed by atoms with Crippen LogP contribution in [-0.2, 0) is 0 Å². The fraction of sp³-hybridized carbons (Fsp3) is 1.00. The molecule has 2 fully saturated rings. The van der Waals surface area contributed by atoms with Crippen molar-refractivity contribution < 1.29 is 0 Å². The van der Waals surface area contributed by atoms with E-state index in [1.54, 1.807) is 0 Å². The third-order valence-corrected chi connectivity index (χ3v) is 5.29. The van der Waals surface area contributed by atoms with Crippen LogP contribution < -0.4 is 5.32 Å². The van der Waals surface area contributed by atoms with Gasteiger partial charge in [-0.15, -0.1) is 0 Å². The summed E-state index contributed by atoms with van der Waals surface area (Å²) in [7, 11) is 0. The van der Waals surface area contributed by atoms with Crippen LogP contribution in [0.4, 0.5) is 0 Å². The van der Waals surface area contributed by atoms with Crippen LogP contribution in [0.1, 0.15) is 65.7 Å². The molecule has 2 aliphatic rings. The molecule has 19 heavy (non-hydrogen) atoms. The van der Waals surface area contributed by atoms with Gasteiger partial charge < -0.3 is 5.32 Å². The van der Waals surface area contributed by atoms with E-state index in [0.29, 0.717) is 0 Å². The second kappa shape index (κ2) is 7.64. The topological polar surface area (TPSA) is 15.3 Å². The van der Waals surface area contributed by atoms with E-state index in [0.717, 1.165) is 23.9 Å². The van der Waals surface area contributed by atoms with Gasteiger partial charge in [-0.05, 0) is 37.6 Å². The van der Waals surface area contributed by atoms with E-state index in [1.807, 2.05) is 0 Å². The smallest absolute Gasteiger partial charge is 0.0249 e. The first-order valence-electron chi connectivity index (χ1n) is 8.73. The lowest BCUT2D eigenvalue weighted by atomic mass is 9.94. The summed E-state index contributed by atoms with van der Waals surface area (Å²) < 4.78 is 0. The Hall–Kier alpha value is -0.0800. The molecule has 3 unspecified atom stereocenters. The third kappa shape index (κ3) is 4.46. The fourth-order valence-corrected chi connectivity index (χ4v) is 3.46. The monoisotopic (exact) mass is 266 g/mol.